The Morgan fingerprint density at radius 1 is 1.62 bits per heavy atom. The molecule has 1 rings (SSSR count). The Morgan fingerprint density at radius 3 is 2.62 bits per heavy atom. The van der Waals surface area contributed by atoms with Gasteiger partial charge in [-0.1, -0.05) is 13.3 Å². The third-order valence-electron chi connectivity index (χ3n) is 1.84. The zero-order chi connectivity index (χ0) is 9.14. The van der Waals surface area contributed by atoms with Crippen LogP contribution in [0.25, 0.3) is 0 Å². The molecule has 0 radical (unpaired) electrons. The van der Waals surface area contributed by atoms with Gasteiger partial charge in [-0.2, -0.15) is 5.10 Å². The number of hydrogen-bond donors (Lipinski definition) is 2. The minimum atomic E-state index is -0.467. The summed E-state index contributed by atoms with van der Waals surface area (Å²) in [6.45, 7) is 3.93. The first kappa shape index (κ1) is 12.0. The highest BCUT2D eigenvalue weighted by Crippen LogP contribution is 2.10. The molecule has 1 amide bonds. The van der Waals surface area contributed by atoms with E-state index in [1.807, 2.05) is 6.92 Å². The van der Waals surface area contributed by atoms with Crippen LogP contribution in [-0.4, -0.2) is 16.1 Å². The maximum Gasteiger partial charge on any atom is 0.269 e. The van der Waals surface area contributed by atoms with Gasteiger partial charge in [0.15, 0.2) is 5.69 Å². The number of nitrogens with zero attached hydrogens (tertiary/aromatic N) is 1. The van der Waals surface area contributed by atoms with Crippen molar-refractivity contribution in [3.8, 4) is 0 Å². The van der Waals surface area contributed by atoms with Gasteiger partial charge in [-0.15, -0.1) is 12.4 Å². The van der Waals surface area contributed by atoms with Crippen LogP contribution in [0.1, 0.15) is 35.1 Å². The molecule has 0 aliphatic carbocycles. The third-order valence-corrected chi connectivity index (χ3v) is 1.84. The highest BCUT2D eigenvalue weighted by atomic mass is 35.5. The van der Waals surface area contributed by atoms with E-state index >= 15 is 0 Å². The number of aryl methyl sites for hydroxylation is 1. The Labute approximate surface area is 83.3 Å². The maximum atomic E-state index is 10.8. The second-order valence-electron chi connectivity index (χ2n) is 2.79. The average Bonchev–Trinajstić information content (AvgIpc) is 2.34. The van der Waals surface area contributed by atoms with Gasteiger partial charge in [-0.3, -0.25) is 9.89 Å². The molecule has 0 aliphatic heterocycles. The van der Waals surface area contributed by atoms with Crippen LogP contribution in [0.2, 0.25) is 0 Å². The number of carbonyl (C=O) groups is 1. The van der Waals surface area contributed by atoms with Gasteiger partial charge in [0, 0.05) is 11.3 Å². The van der Waals surface area contributed by atoms with Gasteiger partial charge in [0.2, 0.25) is 0 Å². The fourth-order valence-electron chi connectivity index (χ4n) is 1.17. The van der Waals surface area contributed by atoms with Crippen LogP contribution in [-0.2, 0) is 6.42 Å². The van der Waals surface area contributed by atoms with Crippen LogP contribution in [0, 0.1) is 6.92 Å². The number of aromatic amines is 1. The van der Waals surface area contributed by atoms with Gasteiger partial charge in [0.25, 0.3) is 5.91 Å². The molecule has 0 spiro atoms. The molecule has 0 fully saturated rings. The van der Waals surface area contributed by atoms with Gasteiger partial charge >= 0.3 is 0 Å². The van der Waals surface area contributed by atoms with E-state index in [1.54, 1.807) is 0 Å². The fraction of sp³-hybridized carbons (Fsp3) is 0.500. The first-order valence-electron chi connectivity index (χ1n) is 4.00. The molecule has 0 bridgehead atoms. The van der Waals surface area contributed by atoms with Crippen molar-refractivity contribution < 1.29 is 4.79 Å². The zero-order valence-corrected chi connectivity index (χ0v) is 8.57. The molecular formula is C8H14ClN3O. The summed E-state index contributed by atoms with van der Waals surface area (Å²) in [5.74, 6) is -0.467. The van der Waals surface area contributed by atoms with Crippen LogP contribution in [0.4, 0.5) is 0 Å². The quantitative estimate of drug-likeness (QED) is 0.775. The van der Waals surface area contributed by atoms with E-state index in [9.17, 15) is 4.79 Å². The van der Waals surface area contributed by atoms with Crippen molar-refractivity contribution in [1.82, 2.24) is 10.2 Å². The Hall–Kier alpha value is -1.03. The number of aromatic nitrogens is 2. The first-order valence-corrected chi connectivity index (χ1v) is 4.00. The predicted molar refractivity (Wildman–Crippen MR) is 53.1 cm³/mol. The second kappa shape index (κ2) is 4.87. The Bertz CT molecular complexity index is 296. The van der Waals surface area contributed by atoms with Crippen molar-refractivity contribution in [3.05, 3.63) is 17.0 Å². The van der Waals surface area contributed by atoms with Gasteiger partial charge < -0.3 is 5.73 Å². The van der Waals surface area contributed by atoms with E-state index in [-0.39, 0.29) is 12.4 Å². The number of amides is 1. The van der Waals surface area contributed by atoms with Crippen molar-refractivity contribution >= 4 is 18.3 Å². The molecule has 4 nitrogen and oxygen atoms in total. The van der Waals surface area contributed by atoms with Gasteiger partial charge in [-0.05, 0) is 13.3 Å². The molecule has 74 valence electrons. The number of halogens is 1. The van der Waals surface area contributed by atoms with Crippen LogP contribution >= 0.6 is 12.4 Å². The lowest BCUT2D eigenvalue weighted by atomic mass is 10.1. The second-order valence-corrected chi connectivity index (χ2v) is 2.79. The lowest BCUT2D eigenvalue weighted by molar-refractivity contribution is 0.0995. The summed E-state index contributed by atoms with van der Waals surface area (Å²) < 4.78 is 0. The SMILES string of the molecule is CCCc1[nH]nc(C(N)=O)c1C.Cl. The number of carbonyl (C=O) groups excluding carboxylic acids is 1. The lowest BCUT2D eigenvalue weighted by Gasteiger charge is -1.94. The summed E-state index contributed by atoms with van der Waals surface area (Å²) in [4.78, 5) is 10.8. The highest BCUT2D eigenvalue weighted by Gasteiger charge is 2.11. The summed E-state index contributed by atoms with van der Waals surface area (Å²) in [6.07, 6.45) is 1.94. The molecule has 1 aromatic rings. The molecule has 1 heterocycles. The normalized spacial score (nSPS) is 9.38. The number of nitrogens with two attached hydrogens (primary N) is 1. The topological polar surface area (TPSA) is 71.8 Å². The number of hydrogen-bond acceptors (Lipinski definition) is 2. The average molecular weight is 204 g/mol. The van der Waals surface area contributed by atoms with Crippen molar-refractivity contribution in [2.75, 3.05) is 0 Å². The number of nitrogens with one attached hydrogen (secondary N) is 1. The van der Waals surface area contributed by atoms with Gasteiger partial charge in [-0.25, -0.2) is 0 Å². The first-order chi connectivity index (χ1) is 5.66. The molecule has 0 atom stereocenters. The molecule has 5 heteroatoms. The van der Waals surface area contributed by atoms with E-state index in [0.717, 1.165) is 24.1 Å². The molecule has 0 aliphatic rings. The van der Waals surface area contributed by atoms with Crippen molar-refractivity contribution in [1.29, 1.82) is 0 Å². The maximum absolute atomic E-state index is 10.8. The predicted octanol–water partition coefficient (Wildman–Crippen LogP) is 1.19. The van der Waals surface area contributed by atoms with E-state index in [1.165, 1.54) is 0 Å². The number of rotatable bonds is 3. The van der Waals surface area contributed by atoms with E-state index in [0.29, 0.717) is 5.69 Å². The minimum absolute atomic E-state index is 0. The number of H-pyrrole nitrogens is 1. The molecule has 0 saturated heterocycles. The van der Waals surface area contributed by atoms with Crippen LogP contribution < -0.4 is 5.73 Å². The van der Waals surface area contributed by atoms with E-state index in [2.05, 4.69) is 17.1 Å². The fourth-order valence-corrected chi connectivity index (χ4v) is 1.17. The summed E-state index contributed by atoms with van der Waals surface area (Å²) in [6, 6.07) is 0. The van der Waals surface area contributed by atoms with Crippen molar-refractivity contribution in [3.63, 3.8) is 0 Å². The van der Waals surface area contributed by atoms with Crippen LogP contribution in [0.3, 0.4) is 0 Å². The van der Waals surface area contributed by atoms with Crippen molar-refractivity contribution in [2.24, 2.45) is 5.73 Å². The largest absolute Gasteiger partial charge is 0.364 e. The molecular weight excluding hydrogens is 190 g/mol. The zero-order valence-electron chi connectivity index (χ0n) is 7.76. The van der Waals surface area contributed by atoms with Gasteiger partial charge in [0.1, 0.15) is 0 Å². The van der Waals surface area contributed by atoms with Gasteiger partial charge in [0.05, 0.1) is 0 Å². The van der Waals surface area contributed by atoms with Crippen molar-refractivity contribution in [2.45, 2.75) is 26.7 Å². The molecule has 0 unspecified atom stereocenters. The smallest absolute Gasteiger partial charge is 0.269 e. The van der Waals surface area contributed by atoms with E-state index in [4.69, 9.17) is 5.73 Å². The molecule has 13 heavy (non-hydrogen) atoms. The standard InChI is InChI=1S/C8H13N3O.ClH/c1-3-4-6-5(2)7(8(9)12)11-10-6;/h3-4H2,1-2H3,(H2,9,12)(H,10,11);1H. The third kappa shape index (κ3) is 2.45. The summed E-state index contributed by atoms with van der Waals surface area (Å²) in [7, 11) is 0. The highest BCUT2D eigenvalue weighted by molar-refractivity contribution is 5.92. The van der Waals surface area contributed by atoms with E-state index < -0.39 is 5.91 Å². The molecule has 0 aromatic carbocycles. The lowest BCUT2D eigenvalue weighted by Crippen LogP contribution is -2.12. The monoisotopic (exact) mass is 203 g/mol. The molecule has 0 saturated carbocycles. The summed E-state index contributed by atoms with van der Waals surface area (Å²) >= 11 is 0. The number of primary amides is 1. The minimum Gasteiger partial charge on any atom is -0.364 e. The summed E-state index contributed by atoms with van der Waals surface area (Å²) in [5.41, 5.74) is 7.35. The Morgan fingerprint density at radius 2 is 2.23 bits per heavy atom. The molecule has 3 N–H and O–H groups in total. The Balaban J connectivity index is 0.00000144. The Kier molecular flexibility index (Phi) is 4.48. The van der Waals surface area contributed by atoms with Crippen LogP contribution in [0.15, 0.2) is 0 Å². The van der Waals surface area contributed by atoms with Crippen LogP contribution in [0.5, 0.6) is 0 Å². The molecule has 1 aromatic heterocycles. The summed E-state index contributed by atoms with van der Waals surface area (Å²) in [5, 5.41) is 6.64.